The molecule has 0 saturated carbocycles. The lowest BCUT2D eigenvalue weighted by Crippen LogP contribution is -2.31. The molecule has 0 radical (unpaired) electrons. The molecule has 2 atom stereocenters. The number of hydrogen-bond acceptors (Lipinski definition) is 3. The minimum atomic E-state index is -1.06. The first-order valence-electron chi connectivity index (χ1n) is 6.49. The Bertz CT molecular complexity index is 375. The maximum Gasteiger partial charge on any atom is 0.253 e. The smallest absolute Gasteiger partial charge is 0.253 e. The molecule has 2 unspecified atom stereocenters. The molecule has 1 aliphatic rings. The van der Waals surface area contributed by atoms with E-state index in [1.807, 2.05) is 18.2 Å². The van der Waals surface area contributed by atoms with E-state index in [1.165, 1.54) is 6.42 Å². The van der Waals surface area contributed by atoms with Crippen LogP contribution in [0.5, 0.6) is 0 Å². The zero-order valence-corrected chi connectivity index (χ0v) is 10.4. The maximum atomic E-state index is 11.7. The second kappa shape index (κ2) is 6.52. The zero-order chi connectivity index (χ0) is 12.8. The first kappa shape index (κ1) is 13.1. The van der Waals surface area contributed by atoms with Gasteiger partial charge in [0, 0.05) is 6.54 Å². The van der Waals surface area contributed by atoms with E-state index >= 15 is 0 Å². The summed E-state index contributed by atoms with van der Waals surface area (Å²) < 4.78 is 0. The molecule has 1 fully saturated rings. The number of aliphatic hydroxyl groups is 1. The molecule has 1 amide bonds. The molecule has 0 bridgehead atoms. The summed E-state index contributed by atoms with van der Waals surface area (Å²) in [7, 11) is 0. The highest BCUT2D eigenvalue weighted by Crippen LogP contribution is 2.13. The van der Waals surface area contributed by atoms with Gasteiger partial charge in [0.15, 0.2) is 6.10 Å². The lowest BCUT2D eigenvalue weighted by molar-refractivity contribution is -0.129. The van der Waals surface area contributed by atoms with Gasteiger partial charge in [-0.3, -0.25) is 4.79 Å². The van der Waals surface area contributed by atoms with Gasteiger partial charge in [0.05, 0.1) is 0 Å². The number of hydrogen-bond donors (Lipinski definition) is 3. The number of carbonyl (C=O) groups excluding carboxylic acids is 1. The van der Waals surface area contributed by atoms with Crippen molar-refractivity contribution in [2.45, 2.75) is 18.9 Å². The van der Waals surface area contributed by atoms with Crippen molar-refractivity contribution >= 4 is 5.91 Å². The van der Waals surface area contributed by atoms with Crippen molar-refractivity contribution in [2.75, 3.05) is 19.6 Å². The van der Waals surface area contributed by atoms with Crippen molar-refractivity contribution in [1.82, 2.24) is 10.6 Å². The first-order valence-corrected chi connectivity index (χ1v) is 6.49. The first-order chi connectivity index (χ1) is 8.77. The van der Waals surface area contributed by atoms with Crippen molar-refractivity contribution in [3.63, 3.8) is 0 Å². The van der Waals surface area contributed by atoms with Crippen LogP contribution in [-0.2, 0) is 4.79 Å². The largest absolute Gasteiger partial charge is 0.378 e. The SMILES string of the molecule is O=C(NCCC1CCNC1)C(O)c1ccccc1. The minimum Gasteiger partial charge on any atom is -0.378 e. The number of carbonyl (C=O) groups is 1. The number of aliphatic hydroxyl groups excluding tert-OH is 1. The van der Waals surface area contributed by atoms with Crippen LogP contribution in [0.25, 0.3) is 0 Å². The Hall–Kier alpha value is -1.39. The van der Waals surface area contributed by atoms with Gasteiger partial charge in [-0.15, -0.1) is 0 Å². The van der Waals surface area contributed by atoms with Crippen LogP contribution in [0.15, 0.2) is 30.3 Å². The van der Waals surface area contributed by atoms with Gasteiger partial charge in [-0.05, 0) is 37.4 Å². The van der Waals surface area contributed by atoms with Crippen LogP contribution < -0.4 is 10.6 Å². The van der Waals surface area contributed by atoms with E-state index in [9.17, 15) is 9.90 Å². The highest BCUT2D eigenvalue weighted by Gasteiger charge is 2.18. The molecule has 1 heterocycles. The van der Waals surface area contributed by atoms with E-state index < -0.39 is 6.10 Å². The van der Waals surface area contributed by atoms with Crippen LogP contribution in [-0.4, -0.2) is 30.6 Å². The van der Waals surface area contributed by atoms with E-state index in [4.69, 9.17) is 0 Å². The van der Waals surface area contributed by atoms with Gasteiger partial charge in [-0.25, -0.2) is 0 Å². The molecular formula is C14H20N2O2. The molecule has 4 nitrogen and oxygen atoms in total. The molecule has 0 aromatic heterocycles. The van der Waals surface area contributed by atoms with Crippen LogP contribution in [0.4, 0.5) is 0 Å². The van der Waals surface area contributed by atoms with Crippen LogP contribution in [0.3, 0.4) is 0 Å². The molecule has 1 aliphatic heterocycles. The van der Waals surface area contributed by atoms with Crippen molar-refractivity contribution in [3.8, 4) is 0 Å². The zero-order valence-electron chi connectivity index (χ0n) is 10.4. The molecule has 98 valence electrons. The number of rotatable bonds is 5. The molecular weight excluding hydrogens is 228 g/mol. The Morgan fingerprint density at radius 3 is 2.89 bits per heavy atom. The van der Waals surface area contributed by atoms with Gasteiger partial charge >= 0.3 is 0 Å². The third kappa shape index (κ3) is 3.55. The fourth-order valence-electron chi connectivity index (χ4n) is 2.24. The third-order valence-electron chi connectivity index (χ3n) is 3.38. The molecule has 3 N–H and O–H groups in total. The van der Waals surface area contributed by atoms with E-state index in [-0.39, 0.29) is 5.91 Å². The van der Waals surface area contributed by atoms with Gasteiger partial charge in [-0.2, -0.15) is 0 Å². The number of nitrogens with one attached hydrogen (secondary N) is 2. The summed E-state index contributed by atoms with van der Waals surface area (Å²) >= 11 is 0. The average molecular weight is 248 g/mol. The summed E-state index contributed by atoms with van der Waals surface area (Å²) in [6.07, 6.45) is 1.09. The van der Waals surface area contributed by atoms with Crippen LogP contribution in [0, 0.1) is 5.92 Å². The van der Waals surface area contributed by atoms with E-state index in [2.05, 4.69) is 10.6 Å². The normalized spacial score (nSPS) is 20.6. The average Bonchev–Trinajstić information content (AvgIpc) is 2.92. The highest BCUT2D eigenvalue weighted by molar-refractivity contribution is 5.81. The van der Waals surface area contributed by atoms with Gasteiger partial charge in [-0.1, -0.05) is 30.3 Å². The lowest BCUT2D eigenvalue weighted by Gasteiger charge is -2.13. The highest BCUT2D eigenvalue weighted by atomic mass is 16.3. The van der Waals surface area contributed by atoms with E-state index in [0.717, 1.165) is 19.5 Å². The van der Waals surface area contributed by atoms with Crippen LogP contribution >= 0.6 is 0 Å². The Morgan fingerprint density at radius 1 is 1.44 bits per heavy atom. The Balaban J connectivity index is 1.74. The van der Waals surface area contributed by atoms with Crippen molar-refractivity contribution in [3.05, 3.63) is 35.9 Å². The molecule has 1 saturated heterocycles. The van der Waals surface area contributed by atoms with E-state index in [0.29, 0.717) is 18.0 Å². The molecule has 0 aliphatic carbocycles. The summed E-state index contributed by atoms with van der Waals surface area (Å²) in [5.74, 6) is 0.339. The summed E-state index contributed by atoms with van der Waals surface area (Å²) in [4.78, 5) is 11.7. The molecule has 1 aromatic rings. The predicted molar refractivity (Wildman–Crippen MR) is 70.0 cm³/mol. The number of benzene rings is 1. The van der Waals surface area contributed by atoms with Crippen molar-refractivity contribution in [1.29, 1.82) is 0 Å². The van der Waals surface area contributed by atoms with E-state index in [1.54, 1.807) is 12.1 Å². The van der Waals surface area contributed by atoms with Gasteiger partial charge < -0.3 is 15.7 Å². The number of amides is 1. The third-order valence-corrected chi connectivity index (χ3v) is 3.38. The van der Waals surface area contributed by atoms with Gasteiger partial charge in [0.1, 0.15) is 0 Å². The Labute approximate surface area is 107 Å². The molecule has 1 aromatic carbocycles. The van der Waals surface area contributed by atoms with Crippen molar-refractivity contribution < 1.29 is 9.90 Å². The van der Waals surface area contributed by atoms with Crippen LogP contribution in [0.2, 0.25) is 0 Å². The predicted octanol–water partition coefficient (Wildman–Crippen LogP) is 0.836. The fourth-order valence-corrected chi connectivity index (χ4v) is 2.24. The lowest BCUT2D eigenvalue weighted by atomic mass is 10.0. The summed E-state index contributed by atoms with van der Waals surface area (Å²) in [5, 5.41) is 15.9. The second-order valence-corrected chi connectivity index (χ2v) is 4.75. The summed E-state index contributed by atoms with van der Waals surface area (Å²) in [5.41, 5.74) is 0.637. The summed E-state index contributed by atoms with van der Waals surface area (Å²) in [6, 6.07) is 9.00. The second-order valence-electron chi connectivity index (χ2n) is 4.75. The molecule has 2 rings (SSSR count). The standard InChI is InChI=1S/C14H20N2O2/c17-13(12-4-2-1-3-5-12)14(18)16-9-7-11-6-8-15-10-11/h1-5,11,13,15,17H,6-10H2,(H,16,18). The topological polar surface area (TPSA) is 61.4 Å². The maximum absolute atomic E-state index is 11.7. The van der Waals surface area contributed by atoms with Gasteiger partial charge in [0.25, 0.3) is 5.91 Å². The molecule has 18 heavy (non-hydrogen) atoms. The van der Waals surface area contributed by atoms with Crippen LogP contribution in [0.1, 0.15) is 24.5 Å². The quantitative estimate of drug-likeness (QED) is 0.723. The van der Waals surface area contributed by atoms with Crippen molar-refractivity contribution in [2.24, 2.45) is 5.92 Å². The molecule has 4 heteroatoms. The Kier molecular flexibility index (Phi) is 4.73. The fraction of sp³-hybridized carbons (Fsp3) is 0.500. The Morgan fingerprint density at radius 2 is 2.22 bits per heavy atom. The summed E-state index contributed by atoms with van der Waals surface area (Å²) in [6.45, 7) is 2.75. The van der Waals surface area contributed by atoms with Gasteiger partial charge in [0.2, 0.25) is 0 Å². The minimum absolute atomic E-state index is 0.313. The monoisotopic (exact) mass is 248 g/mol. The molecule has 0 spiro atoms.